The fourth-order valence-corrected chi connectivity index (χ4v) is 2.86. The molecule has 23 heavy (non-hydrogen) atoms. The minimum absolute atomic E-state index is 0. The second kappa shape index (κ2) is 9.11. The van der Waals surface area contributed by atoms with E-state index in [-0.39, 0.29) is 18.3 Å². The van der Waals surface area contributed by atoms with Crippen LogP contribution in [0.1, 0.15) is 24.0 Å². The number of rotatable bonds is 6. The second-order valence-corrected chi connectivity index (χ2v) is 5.77. The first-order valence-corrected chi connectivity index (χ1v) is 7.82. The van der Waals surface area contributed by atoms with Gasteiger partial charge in [-0.05, 0) is 50.9 Å². The number of ether oxygens (including phenoxy) is 2. The van der Waals surface area contributed by atoms with Crippen LogP contribution in [0.5, 0.6) is 5.75 Å². The SMILES string of the molecule is COC1(C(=O)NCCOc2c(C)cccc2C)CCNCC1.Cl. The molecular weight excluding hydrogens is 316 g/mol. The Morgan fingerprint density at radius 2 is 1.87 bits per heavy atom. The molecular formula is C17H27ClN2O3. The van der Waals surface area contributed by atoms with E-state index in [9.17, 15) is 4.79 Å². The molecule has 0 saturated carbocycles. The molecule has 6 heteroatoms. The number of amides is 1. The van der Waals surface area contributed by atoms with Crippen molar-refractivity contribution in [1.82, 2.24) is 10.6 Å². The van der Waals surface area contributed by atoms with Gasteiger partial charge in [0, 0.05) is 7.11 Å². The minimum atomic E-state index is -0.691. The summed E-state index contributed by atoms with van der Waals surface area (Å²) in [7, 11) is 1.61. The Morgan fingerprint density at radius 3 is 2.43 bits per heavy atom. The molecule has 0 aliphatic carbocycles. The molecule has 1 aromatic carbocycles. The Hall–Kier alpha value is -1.30. The van der Waals surface area contributed by atoms with Gasteiger partial charge >= 0.3 is 0 Å². The van der Waals surface area contributed by atoms with Crippen molar-refractivity contribution in [1.29, 1.82) is 0 Å². The number of hydrogen-bond donors (Lipinski definition) is 2. The standard InChI is InChI=1S/C17H26N2O3.ClH/c1-13-5-4-6-14(2)15(13)22-12-11-19-16(20)17(21-3)7-9-18-10-8-17;/h4-6,18H,7-12H2,1-3H3,(H,19,20);1H. The van der Waals surface area contributed by atoms with Crippen LogP contribution in [0, 0.1) is 13.8 Å². The molecule has 1 aliphatic heterocycles. The van der Waals surface area contributed by atoms with Crippen molar-refractivity contribution in [2.75, 3.05) is 33.4 Å². The van der Waals surface area contributed by atoms with Gasteiger partial charge in [0.05, 0.1) is 6.54 Å². The zero-order chi connectivity index (χ0) is 16.0. The highest BCUT2D eigenvalue weighted by Gasteiger charge is 2.39. The molecule has 1 aliphatic rings. The minimum Gasteiger partial charge on any atom is -0.491 e. The lowest BCUT2D eigenvalue weighted by molar-refractivity contribution is -0.146. The summed E-state index contributed by atoms with van der Waals surface area (Å²) in [5, 5.41) is 6.18. The Morgan fingerprint density at radius 1 is 1.26 bits per heavy atom. The quantitative estimate of drug-likeness (QED) is 0.776. The van der Waals surface area contributed by atoms with Crippen LogP contribution >= 0.6 is 12.4 Å². The van der Waals surface area contributed by atoms with Crippen LogP contribution < -0.4 is 15.4 Å². The van der Waals surface area contributed by atoms with Crippen molar-refractivity contribution < 1.29 is 14.3 Å². The molecule has 1 fully saturated rings. The van der Waals surface area contributed by atoms with Gasteiger partial charge in [0.25, 0.3) is 5.91 Å². The summed E-state index contributed by atoms with van der Waals surface area (Å²) in [6.07, 6.45) is 1.40. The van der Waals surface area contributed by atoms with Gasteiger partial charge in [-0.25, -0.2) is 0 Å². The van der Waals surface area contributed by atoms with E-state index in [0.717, 1.165) is 30.0 Å². The first-order valence-electron chi connectivity index (χ1n) is 7.82. The summed E-state index contributed by atoms with van der Waals surface area (Å²) >= 11 is 0. The molecule has 1 aromatic rings. The Labute approximate surface area is 144 Å². The molecule has 0 radical (unpaired) electrons. The number of methoxy groups -OCH3 is 1. The highest BCUT2D eigenvalue weighted by Crippen LogP contribution is 2.23. The molecule has 2 rings (SSSR count). The van der Waals surface area contributed by atoms with E-state index in [1.54, 1.807) is 7.11 Å². The maximum atomic E-state index is 12.4. The van der Waals surface area contributed by atoms with Gasteiger partial charge in [0.2, 0.25) is 0 Å². The van der Waals surface area contributed by atoms with Crippen molar-refractivity contribution in [2.45, 2.75) is 32.3 Å². The highest BCUT2D eigenvalue weighted by molar-refractivity contribution is 5.85. The zero-order valence-corrected chi connectivity index (χ0v) is 14.9. The fourth-order valence-electron chi connectivity index (χ4n) is 2.86. The van der Waals surface area contributed by atoms with Crippen LogP contribution in [0.2, 0.25) is 0 Å². The van der Waals surface area contributed by atoms with Crippen LogP contribution in [0.25, 0.3) is 0 Å². The number of aryl methyl sites for hydroxylation is 2. The second-order valence-electron chi connectivity index (χ2n) is 5.77. The lowest BCUT2D eigenvalue weighted by Gasteiger charge is -2.34. The predicted molar refractivity (Wildman–Crippen MR) is 93.5 cm³/mol. The van der Waals surface area contributed by atoms with Crippen LogP contribution in [0.3, 0.4) is 0 Å². The molecule has 1 amide bonds. The normalized spacial score (nSPS) is 16.3. The Kier molecular flexibility index (Phi) is 7.82. The van der Waals surface area contributed by atoms with Crippen molar-refractivity contribution in [2.24, 2.45) is 0 Å². The number of carbonyl (C=O) groups is 1. The van der Waals surface area contributed by atoms with Gasteiger partial charge in [0.1, 0.15) is 18.0 Å². The number of piperidine rings is 1. The molecule has 5 nitrogen and oxygen atoms in total. The molecule has 0 aromatic heterocycles. The van der Waals surface area contributed by atoms with Crippen molar-refractivity contribution in [3.63, 3.8) is 0 Å². The van der Waals surface area contributed by atoms with Gasteiger partial charge in [0.15, 0.2) is 0 Å². The third kappa shape index (κ3) is 4.83. The number of hydrogen-bond acceptors (Lipinski definition) is 4. The number of carbonyl (C=O) groups excluding carboxylic acids is 1. The van der Waals surface area contributed by atoms with Gasteiger partial charge < -0.3 is 20.1 Å². The fraction of sp³-hybridized carbons (Fsp3) is 0.588. The zero-order valence-electron chi connectivity index (χ0n) is 14.1. The highest BCUT2D eigenvalue weighted by atomic mass is 35.5. The van der Waals surface area contributed by atoms with Crippen LogP contribution in [0.4, 0.5) is 0 Å². The number of halogens is 1. The summed E-state index contributed by atoms with van der Waals surface area (Å²) in [4.78, 5) is 12.4. The third-order valence-electron chi connectivity index (χ3n) is 4.26. The molecule has 0 spiro atoms. The lowest BCUT2D eigenvalue weighted by atomic mass is 9.91. The maximum Gasteiger partial charge on any atom is 0.252 e. The van der Waals surface area contributed by atoms with Gasteiger partial charge in [-0.1, -0.05) is 18.2 Å². The van der Waals surface area contributed by atoms with E-state index in [1.165, 1.54) is 0 Å². The van der Waals surface area contributed by atoms with E-state index in [1.807, 2.05) is 32.0 Å². The van der Waals surface area contributed by atoms with E-state index in [0.29, 0.717) is 26.0 Å². The maximum absolute atomic E-state index is 12.4. The number of benzene rings is 1. The van der Waals surface area contributed by atoms with Gasteiger partial charge in [-0.3, -0.25) is 4.79 Å². The molecule has 0 bridgehead atoms. The molecule has 2 N–H and O–H groups in total. The Balaban J connectivity index is 0.00000264. The van der Waals surface area contributed by atoms with Crippen LogP contribution in [-0.4, -0.2) is 44.9 Å². The summed E-state index contributed by atoms with van der Waals surface area (Å²) in [6.45, 7) is 6.59. The van der Waals surface area contributed by atoms with Gasteiger partial charge in [-0.2, -0.15) is 0 Å². The molecule has 1 saturated heterocycles. The van der Waals surface area contributed by atoms with E-state index in [4.69, 9.17) is 9.47 Å². The van der Waals surface area contributed by atoms with Crippen molar-refractivity contribution in [3.8, 4) is 5.75 Å². The molecule has 130 valence electrons. The lowest BCUT2D eigenvalue weighted by Crippen LogP contribution is -2.54. The molecule has 0 atom stereocenters. The molecule has 1 heterocycles. The van der Waals surface area contributed by atoms with E-state index >= 15 is 0 Å². The van der Waals surface area contributed by atoms with Crippen LogP contribution in [0.15, 0.2) is 18.2 Å². The molecule has 0 unspecified atom stereocenters. The number of para-hydroxylation sites is 1. The first kappa shape index (κ1) is 19.7. The average Bonchev–Trinajstić information content (AvgIpc) is 2.54. The summed E-state index contributed by atoms with van der Waals surface area (Å²) in [5.74, 6) is 0.863. The van der Waals surface area contributed by atoms with E-state index < -0.39 is 5.60 Å². The largest absolute Gasteiger partial charge is 0.491 e. The van der Waals surface area contributed by atoms with Crippen molar-refractivity contribution >= 4 is 18.3 Å². The summed E-state index contributed by atoms with van der Waals surface area (Å²) in [5.41, 5.74) is 1.53. The van der Waals surface area contributed by atoms with Gasteiger partial charge in [-0.15, -0.1) is 12.4 Å². The first-order chi connectivity index (χ1) is 10.6. The monoisotopic (exact) mass is 342 g/mol. The topological polar surface area (TPSA) is 59.6 Å². The van der Waals surface area contributed by atoms with Crippen molar-refractivity contribution in [3.05, 3.63) is 29.3 Å². The predicted octanol–water partition coefficient (Wildman–Crippen LogP) is 1.99. The summed E-state index contributed by atoms with van der Waals surface area (Å²) < 4.78 is 11.3. The number of nitrogens with one attached hydrogen (secondary N) is 2. The summed E-state index contributed by atoms with van der Waals surface area (Å²) in [6, 6.07) is 6.06. The smallest absolute Gasteiger partial charge is 0.252 e. The Bertz CT molecular complexity index is 496. The average molecular weight is 343 g/mol. The van der Waals surface area contributed by atoms with E-state index in [2.05, 4.69) is 10.6 Å². The third-order valence-corrected chi connectivity index (χ3v) is 4.26. The van der Waals surface area contributed by atoms with Crippen LogP contribution in [-0.2, 0) is 9.53 Å².